The highest BCUT2D eigenvalue weighted by atomic mass is 16.5. The summed E-state index contributed by atoms with van der Waals surface area (Å²) in [6.07, 6.45) is 7.73. The van der Waals surface area contributed by atoms with Gasteiger partial charge in [-0.05, 0) is 31.7 Å². The molecule has 0 atom stereocenters. The molecule has 1 fully saturated rings. The summed E-state index contributed by atoms with van der Waals surface area (Å²) in [6.45, 7) is 6.83. The molecule has 2 aromatic rings. The number of carbonyl (C=O) groups is 1. The first kappa shape index (κ1) is 18.8. The fourth-order valence-electron chi connectivity index (χ4n) is 3.45. The number of rotatable bonds is 6. The summed E-state index contributed by atoms with van der Waals surface area (Å²) in [5.74, 6) is -0.156. The van der Waals surface area contributed by atoms with Gasteiger partial charge >= 0.3 is 5.97 Å². The van der Waals surface area contributed by atoms with E-state index in [1.54, 1.807) is 17.5 Å². The van der Waals surface area contributed by atoms with Crippen LogP contribution in [0.1, 0.15) is 87.1 Å². The topological polar surface area (TPSA) is 65.7 Å². The average Bonchev–Trinajstić information content (AvgIpc) is 2.87. The molecule has 0 unspecified atom stereocenters. The second kappa shape index (κ2) is 8.62. The standard InChI is InChI=1S/C20H29N3O3/c1-4-25-20(24)17-12-19-21-15(11-18(14(2)3)23(19)22-17)13-26-16-9-7-5-6-8-10-16/h11-12,14,16H,4-10,13H2,1-3H3. The van der Waals surface area contributed by atoms with Crippen molar-refractivity contribution < 1.29 is 14.3 Å². The van der Waals surface area contributed by atoms with E-state index >= 15 is 0 Å². The molecule has 1 aliphatic rings. The highest BCUT2D eigenvalue weighted by Crippen LogP contribution is 2.22. The van der Waals surface area contributed by atoms with Crippen LogP contribution in [0.15, 0.2) is 12.1 Å². The number of aromatic nitrogens is 3. The number of fused-ring (bicyclic) bond motifs is 1. The quantitative estimate of drug-likeness (QED) is 0.569. The van der Waals surface area contributed by atoms with E-state index in [1.165, 1.54) is 25.7 Å². The van der Waals surface area contributed by atoms with E-state index in [1.807, 2.05) is 6.07 Å². The Morgan fingerprint density at radius 1 is 1.23 bits per heavy atom. The molecule has 6 nitrogen and oxygen atoms in total. The molecule has 0 N–H and O–H groups in total. The van der Waals surface area contributed by atoms with Crippen molar-refractivity contribution in [2.75, 3.05) is 6.61 Å². The van der Waals surface area contributed by atoms with Crippen molar-refractivity contribution in [1.29, 1.82) is 0 Å². The third kappa shape index (κ3) is 4.41. The normalized spacial score (nSPS) is 16.2. The zero-order valence-corrected chi connectivity index (χ0v) is 16.0. The minimum absolute atomic E-state index is 0.257. The first-order valence-corrected chi connectivity index (χ1v) is 9.76. The number of carbonyl (C=O) groups excluding carboxylic acids is 1. The Morgan fingerprint density at radius 3 is 2.62 bits per heavy atom. The Kier molecular flexibility index (Phi) is 6.25. The van der Waals surface area contributed by atoms with Gasteiger partial charge in [0.1, 0.15) is 0 Å². The molecule has 26 heavy (non-hydrogen) atoms. The van der Waals surface area contributed by atoms with Crippen LogP contribution in [-0.4, -0.2) is 33.3 Å². The average molecular weight is 359 g/mol. The zero-order valence-electron chi connectivity index (χ0n) is 16.0. The van der Waals surface area contributed by atoms with Gasteiger partial charge in [0, 0.05) is 11.8 Å². The van der Waals surface area contributed by atoms with Crippen molar-refractivity contribution in [3.05, 3.63) is 29.2 Å². The van der Waals surface area contributed by atoms with Gasteiger partial charge < -0.3 is 9.47 Å². The smallest absolute Gasteiger partial charge is 0.358 e. The van der Waals surface area contributed by atoms with Crippen LogP contribution in [0.5, 0.6) is 0 Å². The van der Waals surface area contributed by atoms with Crippen LogP contribution in [0.25, 0.3) is 5.65 Å². The fraction of sp³-hybridized carbons (Fsp3) is 0.650. The predicted octanol–water partition coefficient (Wildman–Crippen LogP) is 4.27. The van der Waals surface area contributed by atoms with Crippen LogP contribution in [0.3, 0.4) is 0 Å². The molecular formula is C20H29N3O3. The maximum atomic E-state index is 12.0. The number of hydrogen-bond acceptors (Lipinski definition) is 5. The van der Waals surface area contributed by atoms with Gasteiger partial charge in [0.15, 0.2) is 11.3 Å². The largest absolute Gasteiger partial charge is 0.461 e. The van der Waals surface area contributed by atoms with Gasteiger partial charge in [-0.1, -0.05) is 39.5 Å². The molecule has 3 rings (SSSR count). The van der Waals surface area contributed by atoms with Crippen molar-refractivity contribution in [3.8, 4) is 0 Å². The summed E-state index contributed by atoms with van der Waals surface area (Å²) < 4.78 is 12.9. The molecule has 0 saturated heterocycles. The van der Waals surface area contributed by atoms with Crippen molar-refractivity contribution in [2.45, 2.75) is 77.9 Å². The first-order valence-electron chi connectivity index (χ1n) is 9.76. The molecule has 1 aliphatic carbocycles. The molecule has 142 valence electrons. The maximum Gasteiger partial charge on any atom is 0.358 e. The van der Waals surface area contributed by atoms with E-state index in [0.29, 0.717) is 30.7 Å². The van der Waals surface area contributed by atoms with Crippen LogP contribution in [-0.2, 0) is 16.1 Å². The number of ether oxygens (including phenoxy) is 2. The van der Waals surface area contributed by atoms with E-state index < -0.39 is 5.97 Å². The molecule has 0 spiro atoms. The van der Waals surface area contributed by atoms with Gasteiger partial charge in [-0.15, -0.1) is 0 Å². The minimum Gasteiger partial charge on any atom is -0.461 e. The lowest BCUT2D eigenvalue weighted by Crippen LogP contribution is -2.13. The molecule has 0 bridgehead atoms. The van der Waals surface area contributed by atoms with Crippen LogP contribution >= 0.6 is 0 Å². The molecule has 2 heterocycles. The highest BCUT2D eigenvalue weighted by Gasteiger charge is 2.18. The van der Waals surface area contributed by atoms with Crippen LogP contribution < -0.4 is 0 Å². The van der Waals surface area contributed by atoms with Gasteiger partial charge in [-0.25, -0.2) is 14.3 Å². The molecule has 6 heteroatoms. The summed E-state index contributed by atoms with van der Waals surface area (Å²) in [5, 5.41) is 4.39. The van der Waals surface area contributed by atoms with Gasteiger partial charge in [0.25, 0.3) is 0 Å². The summed E-state index contributed by atoms with van der Waals surface area (Å²) in [5.41, 5.74) is 2.87. The summed E-state index contributed by atoms with van der Waals surface area (Å²) >= 11 is 0. The monoisotopic (exact) mass is 359 g/mol. The fourth-order valence-corrected chi connectivity index (χ4v) is 3.45. The maximum absolute atomic E-state index is 12.0. The molecular weight excluding hydrogens is 330 g/mol. The van der Waals surface area contributed by atoms with Crippen molar-refractivity contribution in [3.63, 3.8) is 0 Å². The minimum atomic E-state index is -0.413. The van der Waals surface area contributed by atoms with Crippen molar-refractivity contribution in [2.24, 2.45) is 0 Å². The Morgan fingerprint density at radius 2 is 1.96 bits per heavy atom. The molecule has 1 saturated carbocycles. The summed E-state index contributed by atoms with van der Waals surface area (Å²) in [4.78, 5) is 16.7. The van der Waals surface area contributed by atoms with E-state index in [-0.39, 0.29) is 5.92 Å². The lowest BCUT2D eigenvalue weighted by atomic mass is 10.1. The second-order valence-electron chi connectivity index (χ2n) is 7.27. The highest BCUT2D eigenvalue weighted by molar-refractivity contribution is 5.88. The molecule has 0 radical (unpaired) electrons. The third-order valence-electron chi connectivity index (χ3n) is 4.85. The summed E-state index contributed by atoms with van der Waals surface area (Å²) in [6, 6.07) is 3.73. The second-order valence-corrected chi connectivity index (χ2v) is 7.27. The predicted molar refractivity (Wildman–Crippen MR) is 99.3 cm³/mol. The van der Waals surface area contributed by atoms with Crippen LogP contribution in [0.2, 0.25) is 0 Å². The molecule has 0 aromatic carbocycles. The lowest BCUT2D eigenvalue weighted by molar-refractivity contribution is 0.0292. The molecule has 2 aromatic heterocycles. The Bertz CT molecular complexity index is 746. The summed E-state index contributed by atoms with van der Waals surface area (Å²) in [7, 11) is 0. The van der Waals surface area contributed by atoms with Gasteiger partial charge in [0.2, 0.25) is 0 Å². The van der Waals surface area contributed by atoms with Crippen molar-refractivity contribution in [1.82, 2.24) is 14.6 Å². The Balaban J connectivity index is 1.82. The Hall–Kier alpha value is -1.95. The molecule has 0 aliphatic heterocycles. The number of nitrogens with zero attached hydrogens (tertiary/aromatic N) is 3. The molecule has 0 amide bonds. The third-order valence-corrected chi connectivity index (χ3v) is 4.85. The van der Waals surface area contributed by atoms with Gasteiger partial charge in [0.05, 0.1) is 25.0 Å². The first-order chi connectivity index (χ1) is 12.6. The lowest BCUT2D eigenvalue weighted by Gasteiger charge is -2.16. The van der Waals surface area contributed by atoms with Gasteiger partial charge in [-0.3, -0.25) is 0 Å². The Labute approximate surface area is 154 Å². The van der Waals surface area contributed by atoms with Crippen molar-refractivity contribution >= 4 is 11.6 Å². The number of esters is 1. The van der Waals surface area contributed by atoms with E-state index in [9.17, 15) is 4.79 Å². The zero-order chi connectivity index (χ0) is 18.5. The van der Waals surface area contributed by atoms with Crippen LogP contribution in [0.4, 0.5) is 0 Å². The van der Waals surface area contributed by atoms with E-state index in [0.717, 1.165) is 24.2 Å². The van der Waals surface area contributed by atoms with E-state index in [4.69, 9.17) is 9.47 Å². The van der Waals surface area contributed by atoms with E-state index in [2.05, 4.69) is 23.9 Å². The van der Waals surface area contributed by atoms with Gasteiger partial charge in [-0.2, -0.15) is 5.10 Å². The number of hydrogen-bond donors (Lipinski definition) is 0. The SMILES string of the molecule is CCOC(=O)c1cc2nc(COC3CCCCCC3)cc(C(C)C)n2n1. The van der Waals surface area contributed by atoms with Crippen LogP contribution in [0, 0.1) is 0 Å².